The Hall–Kier alpha value is -1.26. The fraction of sp³-hybridized carbons (Fsp3) is 0.857. The fourth-order valence-corrected chi connectivity index (χ4v) is 2.79. The lowest BCUT2D eigenvalue weighted by atomic mass is 9.97. The summed E-state index contributed by atoms with van der Waals surface area (Å²) in [5.41, 5.74) is -0.688. The summed E-state index contributed by atoms with van der Waals surface area (Å²) in [6.07, 6.45) is 7.16. The SMILES string of the molecule is CC1CCCCCC1NC(=O)NCC1(C(=O)O)CC1. The van der Waals surface area contributed by atoms with E-state index in [1.54, 1.807) is 0 Å². The van der Waals surface area contributed by atoms with Crippen LogP contribution in [0.5, 0.6) is 0 Å². The van der Waals surface area contributed by atoms with Crippen LogP contribution in [0.25, 0.3) is 0 Å². The van der Waals surface area contributed by atoms with Gasteiger partial charge in [-0.1, -0.05) is 26.2 Å². The van der Waals surface area contributed by atoms with Crippen molar-refractivity contribution in [3.8, 4) is 0 Å². The van der Waals surface area contributed by atoms with Crippen molar-refractivity contribution in [1.29, 1.82) is 0 Å². The van der Waals surface area contributed by atoms with Crippen LogP contribution in [0.15, 0.2) is 0 Å². The second-order valence-corrected chi connectivity index (χ2v) is 6.13. The minimum absolute atomic E-state index is 0.216. The summed E-state index contributed by atoms with van der Waals surface area (Å²) in [6.45, 7) is 2.42. The monoisotopic (exact) mass is 268 g/mol. The summed E-state index contributed by atoms with van der Waals surface area (Å²) < 4.78 is 0. The van der Waals surface area contributed by atoms with Crippen molar-refractivity contribution in [2.45, 2.75) is 57.9 Å². The van der Waals surface area contributed by atoms with Crippen LogP contribution in [0.4, 0.5) is 4.79 Å². The Morgan fingerprint density at radius 1 is 1.21 bits per heavy atom. The van der Waals surface area contributed by atoms with Gasteiger partial charge in [0.15, 0.2) is 0 Å². The van der Waals surface area contributed by atoms with E-state index in [9.17, 15) is 9.59 Å². The minimum atomic E-state index is -0.796. The molecule has 2 amide bonds. The summed E-state index contributed by atoms with van der Waals surface area (Å²) in [7, 11) is 0. The summed E-state index contributed by atoms with van der Waals surface area (Å²) >= 11 is 0. The molecule has 0 aromatic heterocycles. The van der Waals surface area contributed by atoms with Gasteiger partial charge in [-0.05, 0) is 31.6 Å². The summed E-state index contributed by atoms with van der Waals surface area (Å²) in [5, 5.41) is 14.8. The average Bonchev–Trinajstić information content (AvgIpc) is 3.15. The molecule has 3 N–H and O–H groups in total. The van der Waals surface area contributed by atoms with Crippen molar-refractivity contribution in [2.75, 3.05) is 6.54 Å². The molecule has 0 heterocycles. The highest BCUT2D eigenvalue weighted by atomic mass is 16.4. The van der Waals surface area contributed by atoms with Crippen molar-refractivity contribution >= 4 is 12.0 Å². The zero-order valence-corrected chi connectivity index (χ0v) is 11.6. The first kappa shape index (κ1) is 14.2. The van der Waals surface area contributed by atoms with E-state index in [4.69, 9.17) is 5.11 Å². The van der Waals surface area contributed by atoms with E-state index < -0.39 is 11.4 Å². The van der Waals surface area contributed by atoms with Gasteiger partial charge in [-0.3, -0.25) is 4.79 Å². The van der Waals surface area contributed by atoms with Crippen molar-refractivity contribution in [3.05, 3.63) is 0 Å². The van der Waals surface area contributed by atoms with Crippen LogP contribution in [0.3, 0.4) is 0 Å². The Bertz CT molecular complexity index is 353. The van der Waals surface area contributed by atoms with E-state index in [0.29, 0.717) is 18.8 Å². The maximum absolute atomic E-state index is 11.9. The smallest absolute Gasteiger partial charge is 0.315 e. The topological polar surface area (TPSA) is 78.4 Å². The standard InChI is InChI=1S/C14H24N2O3/c1-10-5-3-2-4-6-11(10)16-13(19)15-9-14(7-8-14)12(17)18/h10-11H,2-9H2,1H3,(H,17,18)(H2,15,16,19). The van der Waals surface area contributed by atoms with Gasteiger partial charge in [-0.25, -0.2) is 4.79 Å². The number of carbonyl (C=O) groups excluding carboxylic acids is 1. The van der Waals surface area contributed by atoms with E-state index in [2.05, 4.69) is 17.6 Å². The first-order valence-corrected chi connectivity index (χ1v) is 7.31. The summed E-state index contributed by atoms with van der Waals surface area (Å²) in [5.74, 6) is -0.293. The van der Waals surface area contributed by atoms with E-state index in [0.717, 1.165) is 19.3 Å². The van der Waals surface area contributed by atoms with Gasteiger partial charge in [0.2, 0.25) is 0 Å². The van der Waals surface area contributed by atoms with Gasteiger partial charge in [0.25, 0.3) is 0 Å². The molecule has 0 aromatic rings. The molecule has 5 nitrogen and oxygen atoms in total. The quantitative estimate of drug-likeness (QED) is 0.683. The van der Waals surface area contributed by atoms with Gasteiger partial charge in [-0.15, -0.1) is 0 Å². The van der Waals surface area contributed by atoms with Crippen molar-refractivity contribution in [3.63, 3.8) is 0 Å². The van der Waals surface area contributed by atoms with Crippen LogP contribution < -0.4 is 10.6 Å². The molecular formula is C14H24N2O3. The van der Waals surface area contributed by atoms with Crippen LogP contribution in [-0.4, -0.2) is 29.7 Å². The Morgan fingerprint density at radius 3 is 2.53 bits per heavy atom. The van der Waals surface area contributed by atoms with Gasteiger partial charge < -0.3 is 15.7 Å². The average molecular weight is 268 g/mol. The first-order chi connectivity index (χ1) is 9.03. The Labute approximate surface area is 114 Å². The fourth-order valence-electron chi connectivity index (χ4n) is 2.79. The molecule has 0 spiro atoms. The predicted molar refractivity (Wildman–Crippen MR) is 71.9 cm³/mol. The highest BCUT2D eigenvalue weighted by Crippen LogP contribution is 2.45. The Balaban J connectivity index is 1.76. The molecule has 5 heteroatoms. The minimum Gasteiger partial charge on any atom is -0.481 e. The van der Waals surface area contributed by atoms with Crippen LogP contribution in [0.1, 0.15) is 51.9 Å². The number of urea groups is 1. The molecule has 0 bridgehead atoms. The number of hydrogen-bond donors (Lipinski definition) is 3. The van der Waals surface area contributed by atoms with Gasteiger partial charge in [0.1, 0.15) is 0 Å². The molecular weight excluding hydrogens is 244 g/mol. The molecule has 0 aliphatic heterocycles. The van der Waals surface area contributed by atoms with Gasteiger partial charge in [0, 0.05) is 12.6 Å². The molecule has 2 fully saturated rings. The largest absolute Gasteiger partial charge is 0.481 e. The Kier molecular flexibility index (Phi) is 4.32. The van der Waals surface area contributed by atoms with Gasteiger partial charge in [0.05, 0.1) is 5.41 Å². The van der Waals surface area contributed by atoms with Crippen LogP contribution in [-0.2, 0) is 4.79 Å². The van der Waals surface area contributed by atoms with E-state index in [1.807, 2.05) is 0 Å². The number of carbonyl (C=O) groups is 2. The number of hydrogen-bond acceptors (Lipinski definition) is 2. The number of nitrogens with one attached hydrogen (secondary N) is 2. The molecule has 19 heavy (non-hydrogen) atoms. The van der Waals surface area contributed by atoms with E-state index in [-0.39, 0.29) is 18.6 Å². The van der Waals surface area contributed by atoms with Crippen LogP contribution >= 0.6 is 0 Å². The lowest BCUT2D eigenvalue weighted by molar-refractivity contribution is -0.143. The maximum Gasteiger partial charge on any atom is 0.315 e. The van der Waals surface area contributed by atoms with Crippen molar-refractivity contribution < 1.29 is 14.7 Å². The summed E-state index contributed by atoms with van der Waals surface area (Å²) in [4.78, 5) is 22.9. The molecule has 2 saturated carbocycles. The number of carboxylic acids is 1. The zero-order valence-electron chi connectivity index (χ0n) is 11.6. The number of amides is 2. The van der Waals surface area contributed by atoms with Crippen LogP contribution in [0, 0.1) is 11.3 Å². The molecule has 108 valence electrons. The molecule has 2 aliphatic rings. The third kappa shape index (κ3) is 3.61. The van der Waals surface area contributed by atoms with Crippen molar-refractivity contribution in [2.24, 2.45) is 11.3 Å². The highest BCUT2D eigenvalue weighted by Gasteiger charge is 2.50. The van der Waals surface area contributed by atoms with Gasteiger partial charge in [-0.2, -0.15) is 0 Å². The molecule has 0 saturated heterocycles. The lowest BCUT2D eigenvalue weighted by Gasteiger charge is -2.23. The third-order valence-corrected chi connectivity index (χ3v) is 4.57. The summed E-state index contributed by atoms with van der Waals surface area (Å²) in [6, 6.07) is 0.00811. The third-order valence-electron chi connectivity index (χ3n) is 4.57. The first-order valence-electron chi connectivity index (χ1n) is 7.31. The molecule has 2 rings (SSSR count). The zero-order chi connectivity index (χ0) is 13.9. The normalized spacial score (nSPS) is 29.1. The molecule has 2 unspecified atom stereocenters. The van der Waals surface area contributed by atoms with Crippen molar-refractivity contribution in [1.82, 2.24) is 10.6 Å². The number of aliphatic carboxylic acids is 1. The predicted octanol–water partition coefficient (Wildman–Crippen LogP) is 2.12. The number of rotatable bonds is 4. The van der Waals surface area contributed by atoms with Gasteiger partial charge >= 0.3 is 12.0 Å². The van der Waals surface area contributed by atoms with E-state index in [1.165, 1.54) is 12.8 Å². The lowest BCUT2D eigenvalue weighted by Crippen LogP contribution is -2.46. The maximum atomic E-state index is 11.9. The van der Waals surface area contributed by atoms with E-state index >= 15 is 0 Å². The highest BCUT2D eigenvalue weighted by molar-refractivity contribution is 5.80. The second-order valence-electron chi connectivity index (χ2n) is 6.13. The second kappa shape index (κ2) is 5.80. The number of carboxylic acid groups (broad SMARTS) is 1. The molecule has 0 aromatic carbocycles. The molecule has 0 radical (unpaired) electrons. The van der Waals surface area contributed by atoms with Crippen LogP contribution in [0.2, 0.25) is 0 Å². The Morgan fingerprint density at radius 2 is 1.89 bits per heavy atom. The molecule has 2 atom stereocenters. The molecule has 2 aliphatic carbocycles.